The number of fused-ring (bicyclic) bond motifs is 1. The molecule has 128 valence electrons. The highest BCUT2D eigenvalue weighted by molar-refractivity contribution is 5.92. The number of carbonyl (C=O) groups excluding carboxylic acids is 1. The molecule has 9 nitrogen and oxygen atoms in total. The summed E-state index contributed by atoms with van der Waals surface area (Å²) in [5.41, 5.74) is 0.788. The molecule has 1 unspecified atom stereocenters. The van der Waals surface area contributed by atoms with Gasteiger partial charge in [-0.2, -0.15) is 5.10 Å². The van der Waals surface area contributed by atoms with Gasteiger partial charge in [0.1, 0.15) is 12.1 Å². The fraction of sp³-hybridized carbons (Fsp3) is 0.375. The van der Waals surface area contributed by atoms with Gasteiger partial charge in [0.25, 0.3) is 0 Å². The van der Waals surface area contributed by atoms with Gasteiger partial charge in [0.2, 0.25) is 5.91 Å². The molecule has 0 saturated carbocycles. The molecule has 9 heteroatoms. The maximum absolute atomic E-state index is 12.6. The third kappa shape index (κ3) is 3.00. The lowest BCUT2D eigenvalue weighted by molar-refractivity contribution is -0.120. The molecule has 3 aromatic rings. The summed E-state index contributed by atoms with van der Waals surface area (Å²) in [4.78, 5) is 31.5. The zero-order chi connectivity index (χ0) is 17.2. The molecule has 0 bridgehead atoms. The van der Waals surface area contributed by atoms with Gasteiger partial charge in [-0.15, -0.1) is 0 Å². The molecule has 25 heavy (non-hydrogen) atoms. The molecule has 4 heterocycles. The van der Waals surface area contributed by atoms with E-state index in [0.29, 0.717) is 12.4 Å². The van der Waals surface area contributed by atoms with Crippen molar-refractivity contribution in [2.45, 2.75) is 12.8 Å². The lowest BCUT2D eigenvalue weighted by atomic mass is 9.97. The van der Waals surface area contributed by atoms with Gasteiger partial charge in [0, 0.05) is 32.5 Å². The van der Waals surface area contributed by atoms with Crippen LogP contribution in [0.3, 0.4) is 0 Å². The Kier molecular flexibility index (Phi) is 3.96. The molecule has 1 aliphatic rings. The van der Waals surface area contributed by atoms with Gasteiger partial charge in [-0.25, -0.2) is 15.0 Å². The van der Waals surface area contributed by atoms with Crippen LogP contribution in [0, 0.1) is 5.92 Å². The summed E-state index contributed by atoms with van der Waals surface area (Å²) < 4.78 is 1.72. The van der Waals surface area contributed by atoms with Gasteiger partial charge in [-0.05, 0) is 12.8 Å². The summed E-state index contributed by atoms with van der Waals surface area (Å²) in [5.74, 6) is 1.13. The minimum absolute atomic E-state index is 0.0401. The summed E-state index contributed by atoms with van der Waals surface area (Å²) in [6, 6.07) is 0. The summed E-state index contributed by atoms with van der Waals surface area (Å²) in [6.45, 7) is 1.46. The van der Waals surface area contributed by atoms with Gasteiger partial charge in [0.15, 0.2) is 11.5 Å². The topological polar surface area (TPSA) is 102 Å². The lowest BCUT2D eigenvalue weighted by Gasteiger charge is -2.32. The van der Waals surface area contributed by atoms with Crippen LogP contribution in [0.15, 0.2) is 31.1 Å². The van der Waals surface area contributed by atoms with Gasteiger partial charge in [-0.1, -0.05) is 0 Å². The number of anilines is 2. The van der Waals surface area contributed by atoms with E-state index in [9.17, 15) is 4.79 Å². The Bertz CT molecular complexity index is 894. The largest absolute Gasteiger partial charge is 0.355 e. The molecule has 0 radical (unpaired) electrons. The molecule has 4 rings (SSSR count). The Morgan fingerprint density at radius 3 is 3.00 bits per heavy atom. The van der Waals surface area contributed by atoms with Crippen molar-refractivity contribution in [3.63, 3.8) is 0 Å². The zero-order valence-electron chi connectivity index (χ0n) is 13.8. The van der Waals surface area contributed by atoms with Crippen molar-refractivity contribution in [1.29, 1.82) is 0 Å². The van der Waals surface area contributed by atoms with Gasteiger partial charge >= 0.3 is 0 Å². The minimum Gasteiger partial charge on any atom is -0.355 e. The van der Waals surface area contributed by atoms with E-state index in [1.807, 2.05) is 7.05 Å². The standard InChI is InChI=1S/C16H18N8O/c1-23-14-12(7-21-23)15(20-10-19-14)24-6-2-3-11(9-24)16(25)22-13-8-17-4-5-18-13/h4-5,7-8,10-11H,2-3,6,9H2,1H3,(H,18,22,25). The molecule has 3 aromatic heterocycles. The maximum atomic E-state index is 12.6. The average molecular weight is 338 g/mol. The Labute approximate surface area is 144 Å². The van der Waals surface area contributed by atoms with E-state index < -0.39 is 0 Å². The first-order chi connectivity index (χ1) is 12.2. The van der Waals surface area contributed by atoms with Crippen molar-refractivity contribution >= 4 is 28.6 Å². The molecular formula is C16H18N8O. The van der Waals surface area contributed by atoms with Crippen LogP contribution >= 0.6 is 0 Å². The molecule has 1 aliphatic heterocycles. The number of carbonyl (C=O) groups is 1. The Balaban J connectivity index is 1.53. The number of nitrogens with zero attached hydrogens (tertiary/aromatic N) is 7. The molecular weight excluding hydrogens is 320 g/mol. The normalized spacial score (nSPS) is 17.6. The number of rotatable bonds is 3. The number of piperidine rings is 1. The van der Waals surface area contributed by atoms with Crippen LogP contribution in [0.5, 0.6) is 0 Å². The third-order valence-corrected chi connectivity index (χ3v) is 4.41. The smallest absolute Gasteiger partial charge is 0.230 e. The van der Waals surface area contributed by atoms with Crippen LogP contribution in [0.2, 0.25) is 0 Å². The van der Waals surface area contributed by atoms with E-state index in [-0.39, 0.29) is 11.8 Å². The molecule has 1 fully saturated rings. The van der Waals surface area contributed by atoms with E-state index >= 15 is 0 Å². The second-order valence-corrected chi connectivity index (χ2v) is 6.07. The Morgan fingerprint density at radius 2 is 2.16 bits per heavy atom. The van der Waals surface area contributed by atoms with E-state index in [2.05, 4.69) is 35.3 Å². The fourth-order valence-corrected chi connectivity index (χ4v) is 3.18. The molecule has 0 spiro atoms. The monoisotopic (exact) mass is 338 g/mol. The van der Waals surface area contributed by atoms with E-state index in [1.54, 1.807) is 35.8 Å². The van der Waals surface area contributed by atoms with Crippen LogP contribution in [-0.2, 0) is 11.8 Å². The minimum atomic E-state index is -0.127. The highest BCUT2D eigenvalue weighted by Gasteiger charge is 2.28. The van der Waals surface area contributed by atoms with Crippen molar-refractivity contribution in [3.05, 3.63) is 31.1 Å². The van der Waals surface area contributed by atoms with Crippen LogP contribution in [-0.4, -0.2) is 48.7 Å². The summed E-state index contributed by atoms with van der Waals surface area (Å²) in [6.07, 6.45) is 9.75. The van der Waals surface area contributed by atoms with E-state index in [1.165, 1.54) is 0 Å². The number of aryl methyl sites for hydroxylation is 1. The van der Waals surface area contributed by atoms with Crippen molar-refractivity contribution in [2.75, 3.05) is 23.3 Å². The second-order valence-electron chi connectivity index (χ2n) is 6.07. The average Bonchev–Trinajstić information content (AvgIpc) is 3.04. The van der Waals surface area contributed by atoms with Gasteiger partial charge in [-0.3, -0.25) is 14.5 Å². The molecule has 0 aromatic carbocycles. The highest BCUT2D eigenvalue weighted by Crippen LogP contribution is 2.27. The van der Waals surface area contributed by atoms with E-state index in [4.69, 9.17) is 0 Å². The molecule has 1 amide bonds. The summed E-state index contributed by atoms with van der Waals surface area (Å²) in [7, 11) is 1.85. The zero-order valence-corrected chi connectivity index (χ0v) is 13.8. The number of hydrogen-bond donors (Lipinski definition) is 1. The summed E-state index contributed by atoms with van der Waals surface area (Å²) in [5, 5.41) is 7.99. The number of hydrogen-bond acceptors (Lipinski definition) is 7. The summed E-state index contributed by atoms with van der Waals surface area (Å²) >= 11 is 0. The maximum Gasteiger partial charge on any atom is 0.230 e. The van der Waals surface area contributed by atoms with Crippen LogP contribution in [0.4, 0.5) is 11.6 Å². The van der Waals surface area contributed by atoms with E-state index in [0.717, 1.165) is 36.2 Å². The number of amides is 1. The molecule has 1 saturated heterocycles. The quantitative estimate of drug-likeness (QED) is 0.760. The number of nitrogens with one attached hydrogen (secondary N) is 1. The van der Waals surface area contributed by atoms with Gasteiger partial charge in [0.05, 0.1) is 23.7 Å². The van der Waals surface area contributed by atoms with Crippen molar-refractivity contribution < 1.29 is 4.79 Å². The van der Waals surface area contributed by atoms with Crippen molar-refractivity contribution in [1.82, 2.24) is 29.7 Å². The Hall–Kier alpha value is -3.10. The molecule has 0 aliphatic carbocycles. The van der Waals surface area contributed by atoms with Crippen LogP contribution in [0.25, 0.3) is 11.0 Å². The highest BCUT2D eigenvalue weighted by atomic mass is 16.2. The number of aromatic nitrogens is 6. The first kappa shape index (κ1) is 15.4. The lowest BCUT2D eigenvalue weighted by Crippen LogP contribution is -2.41. The third-order valence-electron chi connectivity index (χ3n) is 4.41. The first-order valence-electron chi connectivity index (χ1n) is 8.17. The van der Waals surface area contributed by atoms with Gasteiger partial charge < -0.3 is 10.2 Å². The fourth-order valence-electron chi connectivity index (χ4n) is 3.18. The second kappa shape index (κ2) is 6.42. The van der Waals surface area contributed by atoms with Crippen molar-refractivity contribution in [3.8, 4) is 0 Å². The molecule has 1 N–H and O–H groups in total. The predicted molar refractivity (Wildman–Crippen MR) is 91.9 cm³/mol. The molecule has 1 atom stereocenters. The SMILES string of the molecule is Cn1ncc2c(N3CCCC(C(=O)Nc4cnccn4)C3)ncnc21. The van der Waals surface area contributed by atoms with Crippen LogP contribution < -0.4 is 10.2 Å². The first-order valence-corrected chi connectivity index (χ1v) is 8.17. The van der Waals surface area contributed by atoms with Crippen molar-refractivity contribution in [2.24, 2.45) is 13.0 Å². The predicted octanol–water partition coefficient (Wildman–Crippen LogP) is 1.01. The Morgan fingerprint density at radius 1 is 1.24 bits per heavy atom. The van der Waals surface area contributed by atoms with Crippen LogP contribution in [0.1, 0.15) is 12.8 Å².